The van der Waals surface area contributed by atoms with Crippen molar-refractivity contribution in [3.05, 3.63) is 38.8 Å². The lowest BCUT2D eigenvalue weighted by Gasteiger charge is -2.20. The summed E-state index contributed by atoms with van der Waals surface area (Å²) in [4.78, 5) is 23.7. The van der Waals surface area contributed by atoms with Gasteiger partial charge in [-0.25, -0.2) is 0 Å². The molecule has 7 nitrogen and oxygen atoms in total. The van der Waals surface area contributed by atoms with E-state index in [9.17, 15) is 20.0 Å². The van der Waals surface area contributed by atoms with E-state index >= 15 is 0 Å². The molecule has 0 aliphatic heterocycles. The number of rotatable bonds is 7. The highest BCUT2D eigenvalue weighted by Gasteiger charge is 2.30. The number of hydrogen-bond acceptors (Lipinski definition) is 5. The molecule has 1 aliphatic carbocycles. The van der Waals surface area contributed by atoms with E-state index in [2.05, 4.69) is 0 Å². The minimum Gasteiger partial charge on any atom is -0.392 e. The van der Waals surface area contributed by atoms with Crippen molar-refractivity contribution in [2.45, 2.75) is 25.5 Å². The van der Waals surface area contributed by atoms with Crippen molar-refractivity contribution in [3.8, 4) is 0 Å². The fourth-order valence-corrected chi connectivity index (χ4v) is 2.12. The molecule has 2 rings (SSSR count). The van der Waals surface area contributed by atoms with Gasteiger partial charge < -0.3 is 14.6 Å². The molecule has 1 aliphatic rings. The maximum absolute atomic E-state index is 11.6. The molecular formula is C13H19N3O4. The number of pyridine rings is 1. The minimum absolute atomic E-state index is 0.0923. The van der Waals surface area contributed by atoms with Gasteiger partial charge in [0.1, 0.15) is 0 Å². The molecule has 1 heterocycles. The van der Waals surface area contributed by atoms with E-state index in [1.807, 2.05) is 11.9 Å². The fraction of sp³-hybridized carbons (Fsp3) is 0.615. The Hall–Kier alpha value is -1.73. The summed E-state index contributed by atoms with van der Waals surface area (Å²) in [5.74, 6) is 0.415. The summed E-state index contributed by atoms with van der Waals surface area (Å²) in [7, 11) is 1.87. The van der Waals surface area contributed by atoms with Gasteiger partial charge in [-0.1, -0.05) is 0 Å². The Morgan fingerprint density at radius 3 is 2.85 bits per heavy atom. The predicted molar refractivity (Wildman–Crippen MR) is 73.6 cm³/mol. The Morgan fingerprint density at radius 1 is 1.55 bits per heavy atom. The van der Waals surface area contributed by atoms with Crippen LogP contribution >= 0.6 is 0 Å². The van der Waals surface area contributed by atoms with Gasteiger partial charge in [0.15, 0.2) is 0 Å². The van der Waals surface area contributed by atoms with Crippen LogP contribution in [-0.2, 0) is 6.54 Å². The molecular weight excluding hydrogens is 262 g/mol. The summed E-state index contributed by atoms with van der Waals surface area (Å²) in [5, 5.41) is 20.5. The van der Waals surface area contributed by atoms with Crippen LogP contribution in [0.3, 0.4) is 0 Å². The van der Waals surface area contributed by atoms with E-state index in [1.54, 1.807) is 0 Å². The zero-order chi connectivity index (χ0) is 14.7. The van der Waals surface area contributed by atoms with Crippen LogP contribution in [0.1, 0.15) is 12.8 Å². The number of aliphatic hydroxyl groups is 1. The molecule has 0 aromatic carbocycles. The van der Waals surface area contributed by atoms with Crippen LogP contribution in [0.25, 0.3) is 0 Å². The monoisotopic (exact) mass is 281 g/mol. The highest BCUT2D eigenvalue weighted by Crippen LogP contribution is 2.32. The van der Waals surface area contributed by atoms with Gasteiger partial charge in [-0.15, -0.1) is 0 Å². The Morgan fingerprint density at radius 2 is 2.25 bits per heavy atom. The van der Waals surface area contributed by atoms with Crippen LogP contribution in [0.4, 0.5) is 5.69 Å². The zero-order valence-corrected chi connectivity index (χ0v) is 11.4. The normalized spacial score (nSPS) is 16.4. The number of nitro groups is 1. The molecule has 0 spiro atoms. The third-order valence-electron chi connectivity index (χ3n) is 3.57. The average molecular weight is 281 g/mol. The van der Waals surface area contributed by atoms with Gasteiger partial charge in [-0.2, -0.15) is 0 Å². The molecule has 110 valence electrons. The lowest BCUT2D eigenvalue weighted by molar-refractivity contribution is -0.385. The van der Waals surface area contributed by atoms with Crippen LogP contribution in [0.5, 0.6) is 0 Å². The quantitative estimate of drug-likeness (QED) is 0.579. The first-order valence-corrected chi connectivity index (χ1v) is 6.69. The van der Waals surface area contributed by atoms with Crippen molar-refractivity contribution >= 4 is 5.69 Å². The first-order chi connectivity index (χ1) is 9.47. The summed E-state index contributed by atoms with van der Waals surface area (Å²) < 4.78 is 1.33. The molecule has 0 radical (unpaired) electrons. The van der Waals surface area contributed by atoms with Gasteiger partial charge in [0, 0.05) is 31.8 Å². The molecule has 0 amide bonds. The van der Waals surface area contributed by atoms with Crippen molar-refractivity contribution in [1.82, 2.24) is 9.47 Å². The second-order valence-electron chi connectivity index (χ2n) is 5.34. The van der Waals surface area contributed by atoms with Crippen molar-refractivity contribution in [1.29, 1.82) is 0 Å². The molecule has 1 unspecified atom stereocenters. The van der Waals surface area contributed by atoms with Gasteiger partial charge >= 0.3 is 0 Å². The molecule has 7 heteroatoms. The maximum atomic E-state index is 11.6. The lowest BCUT2D eigenvalue weighted by atomic mass is 10.2. The molecule has 1 aromatic rings. The summed E-state index contributed by atoms with van der Waals surface area (Å²) in [6.45, 7) is 1.49. The van der Waals surface area contributed by atoms with Gasteiger partial charge in [0.05, 0.1) is 17.2 Å². The molecule has 1 N–H and O–H groups in total. The van der Waals surface area contributed by atoms with Crippen LogP contribution in [0, 0.1) is 16.0 Å². The van der Waals surface area contributed by atoms with Crippen molar-refractivity contribution in [3.63, 3.8) is 0 Å². The Bertz CT molecular complexity index is 539. The minimum atomic E-state index is -0.517. The molecule has 1 saturated carbocycles. The van der Waals surface area contributed by atoms with E-state index in [0.717, 1.165) is 12.8 Å². The average Bonchev–Trinajstić information content (AvgIpc) is 3.21. The van der Waals surface area contributed by atoms with Crippen molar-refractivity contribution < 1.29 is 10.0 Å². The van der Waals surface area contributed by atoms with Crippen molar-refractivity contribution in [2.24, 2.45) is 5.92 Å². The number of hydrogen-bond donors (Lipinski definition) is 1. The van der Waals surface area contributed by atoms with Crippen LogP contribution in [0.15, 0.2) is 23.1 Å². The van der Waals surface area contributed by atoms with Crippen LogP contribution in [-0.4, -0.2) is 45.7 Å². The number of aliphatic hydroxyl groups excluding tert-OH is 1. The second kappa shape index (κ2) is 6.15. The molecule has 1 atom stereocenters. The summed E-state index contributed by atoms with van der Waals surface area (Å²) in [6, 6.07) is 2.41. The van der Waals surface area contributed by atoms with E-state index in [1.165, 1.54) is 22.9 Å². The van der Waals surface area contributed by atoms with Gasteiger partial charge in [0.2, 0.25) is 0 Å². The summed E-state index contributed by atoms with van der Waals surface area (Å²) in [5.41, 5.74) is -0.350. The topological polar surface area (TPSA) is 88.6 Å². The van der Waals surface area contributed by atoms with Gasteiger partial charge in [-0.05, 0) is 25.8 Å². The standard InChI is InChI=1S/C13H19N3O4/c1-14(9-12(17)10-2-3-10)6-7-15-8-11(16(19)20)4-5-13(15)18/h4-5,8,10,12,17H,2-3,6-7,9H2,1H3. The molecule has 20 heavy (non-hydrogen) atoms. The van der Waals surface area contributed by atoms with Crippen molar-refractivity contribution in [2.75, 3.05) is 20.1 Å². The van der Waals surface area contributed by atoms with Crippen LogP contribution < -0.4 is 5.56 Å². The summed E-state index contributed by atoms with van der Waals surface area (Å²) in [6.07, 6.45) is 3.11. The van der Waals surface area contributed by atoms with Gasteiger partial charge in [0.25, 0.3) is 11.2 Å². The Labute approximate surface area is 116 Å². The highest BCUT2D eigenvalue weighted by molar-refractivity contribution is 5.24. The molecule has 0 saturated heterocycles. The van der Waals surface area contributed by atoms with Crippen LogP contribution in [0.2, 0.25) is 0 Å². The summed E-state index contributed by atoms with van der Waals surface area (Å²) >= 11 is 0. The Balaban J connectivity index is 1.90. The maximum Gasteiger partial charge on any atom is 0.285 e. The largest absolute Gasteiger partial charge is 0.392 e. The SMILES string of the molecule is CN(CCn1cc([N+](=O)[O-])ccc1=O)CC(O)C1CC1. The predicted octanol–water partition coefficient (Wildman–Crippen LogP) is 0.459. The zero-order valence-electron chi connectivity index (χ0n) is 11.4. The highest BCUT2D eigenvalue weighted by atomic mass is 16.6. The lowest BCUT2D eigenvalue weighted by Crippen LogP contribution is -2.34. The molecule has 1 fully saturated rings. The van der Waals surface area contributed by atoms with Gasteiger partial charge in [-0.3, -0.25) is 14.9 Å². The van der Waals surface area contributed by atoms with E-state index < -0.39 is 4.92 Å². The van der Waals surface area contributed by atoms with E-state index in [4.69, 9.17) is 0 Å². The Kier molecular flexibility index (Phi) is 4.51. The van der Waals surface area contributed by atoms with E-state index in [-0.39, 0.29) is 17.4 Å². The molecule has 1 aromatic heterocycles. The third-order valence-corrected chi connectivity index (χ3v) is 3.57. The number of nitrogens with zero attached hydrogens (tertiary/aromatic N) is 3. The smallest absolute Gasteiger partial charge is 0.285 e. The fourth-order valence-electron chi connectivity index (χ4n) is 2.12. The van der Waals surface area contributed by atoms with E-state index in [0.29, 0.717) is 25.6 Å². The first kappa shape index (κ1) is 14.7. The third kappa shape index (κ3) is 3.88. The first-order valence-electron chi connectivity index (χ1n) is 6.69. The number of likely N-dealkylation sites (N-methyl/N-ethyl adjacent to an activating group) is 1. The second-order valence-corrected chi connectivity index (χ2v) is 5.34. The number of aromatic nitrogens is 1. The molecule has 0 bridgehead atoms.